The van der Waals surface area contributed by atoms with Crippen molar-refractivity contribution in [3.63, 3.8) is 0 Å². The van der Waals surface area contributed by atoms with Crippen LogP contribution < -0.4 is 10.6 Å². The summed E-state index contributed by atoms with van der Waals surface area (Å²) in [6.07, 6.45) is 0.609. The number of hydrogen-bond donors (Lipinski definition) is 4. The fourth-order valence-corrected chi connectivity index (χ4v) is 3.83. The van der Waals surface area contributed by atoms with Crippen LogP contribution in [0.5, 0.6) is 0 Å². The van der Waals surface area contributed by atoms with Crippen molar-refractivity contribution in [1.29, 1.82) is 0 Å². The van der Waals surface area contributed by atoms with E-state index in [1.807, 2.05) is 13.0 Å². The van der Waals surface area contributed by atoms with Crippen molar-refractivity contribution in [2.75, 3.05) is 33.2 Å². The second-order valence-electron chi connectivity index (χ2n) is 7.91. The Hall–Kier alpha value is -3.21. The van der Waals surface area contributed by atoms with E-state index in [0.717, 1.165) is 5.69 Å². The summed E-state index contributed by atoms with van der Waals surface area (Å²) in [7, 11) is 1.76. The van der Waals surface area contributed by atoms with Crippen molar-refractivity contribution < 1.29 is 29.4 Å². The minimum Gasteiger partial charge on any atom is -0.483 e. The van der Waals surface area contributed by atoms with Crippen LogP contribution >= 0.6 is 0 Å². The number of nitrogens with one attached hydrogen (secondary N) is 2. The maximum absolute atomic E-state index is 12.4. The number of aliphatic hydroxyl groups is 1. The summed E-state index contributed by atoms with van der Waals surface area (Å²) >= 11 is 0. The van der Waals surface area contributed by atoms with Crippen molar-refractivity contribution >= 4 is 24.3 Å². The molecule has 11 nitrogen and oxygen atoms in total. The largest absolute Gasteiger partial charge is 0.483 e. The first-order valence-corrected chi connectivity index (χ1v) is 10.5. The Labute approximate surface area is 186 Å². The highest BCUT2D eigenvalue weighted by Gasteiger charge is 2.34. The van der Waals surface area contributed by atoms with Crippen molar-refractivity contribution in [1.82, 2.24) is 25.4 Å². The summed E-state index contributed by atoms with van der Waals surface area (Å²) in [5, 5.41) is 23.0. The number of aryl methyl sites for hydroxylation is 1. The third-order valence-corrected chi connectivity index (χ3v) is 5.61. The van der Waals surface area contributed by atoms with Gasteiger partial charge >= 0.3 is 6.03 Å². The molecule has 3 rings (SSSR count). The van der Waals surface area contributed by atoms with Gasteiger partial charge in [-0.2, -0.15) is 0 Å². The van der Waals surface area contributed by atoms with Gasteiger partial charge in [-0.15, -0.1) is 0 Å². The number of carboxylic acid groups (broad SMARTS) is 1. The molecule has 0 radical (unpaired) electrons. The molecule has 4 amide bonds. The number of pyridine rings is 1. The van der Waals surface area contributed by atoms with E-state index in [-0.39, 0.29) is 30.2 Å². The van der Waals surface area contributed by atoms with Crippen molar-refractivity contribution in [3.05, 3.63) is 29.6 Å². The molecule has 4 N–H and O–H groups in total. The van der Waals surface area contributed by atoms with Gasteiger partial charge in [0.05, 0.1) is 12.1 Å². The molecule has 176 valence electrons. The predicted molar refractivity (Wildman–Crippen MR) is 115 cm³/mol. The van der Waals surface area contributed by atoms with Crippen LogP contribution in [0.4, 0.5) is 4.79 Å². The van der Waals surface area contributed by atoms with Crippen LogP contribution in [0.2, 0.25) is 0 Å². The number of hydrogen-bond acceptors (Lipinski definition) is 6. The molecular formula is C21H31N5O6. The average Bonchev–Trinajstić information content (AvgIpc) is 3.08. The molecule has 1 aromatic rings. The summed E-state index contributed by atoms with van der Waals surface area (Å²) < 4.78 is 0. The lowest BCUT2D eigenvalue weighted by Gasteiger charge is -2.33. The Bertz CT molecular complexity index is 820. The number of aliphatic hydroxyl groups excluding tert-OH is 1. The third kappa shape index (κ3) is 6.91. The van der Waals surface area contributed by atoms with Crippen LogP contribution in [0, 0.1) is 12.8 Å². The van der Waals surface area contributed by atoms with Crippen LogP contribution in [0.25, 0.3) is 0 Å². The van der Waals surface area contributed by atoms with Gasteiger partial charge < -0.3 is 30.6 Å². The number of carbonyl (C=O) groups is 4. The monoisotopic (exact) mass is 449 g/mol. The molecule has 0 spiro atoms. The lowest BCUT2D eigenvalue weighted by Crippen LogP contribution is -2.49. The van der Waals surface area contributed by atoms with Crippen LogP contribution in [-0.2, 0) is 9.59 Å². The molecule has 2 heterocycles. The quantitative estimate of drug-likeness (QED) is 0.440. The third-order valence-electron chi connectivity index (χ3n) is 5.61. The summed E-state index contributed by atoms with van der Waals surface area (Å²) in [6.45, 7) is 3.81. The second-order valence-corrected chi connectivity index (χ2v) is 7.91. The molecule has 1 saturated heterocycles. The topological polar surface area (TPSA) is 152 Å². The number of carbonyl (C=O) groups excluding carboxylic acids is 3. The second kappa shape index (κ2) is 12.0. The maximum atomic E-state index is 12.4. The van der Waals surface area contributed by atoms with E-state index in [0.29, 0.717) is 51.1 Å². The van der Waals surface area contributed by atoms with E-state index in [1.165, 1.54) is 0 Å². The Balaban J connectivity index is 0.00000114. The van der Waals surface area contributed by atoms with Crippen LogP contribution in [0.15, 0.2) is 18.2 Å². The van der Waals surface area contributed by atoms with E-state index in [4.69, 9.17) is 9.90 Å². The average molecular weight is 450 g/mol. The first-order valence-electron chi connectivity index (χ1n) is 10.5. The maximum Gasteiger partial charge on any atom is 0.319 e. The minimum atomic E-state index is -0.790. The highest BCUT2D eigenvalue weighted by molar-refractivity contribution is 5.92. The van der Waals surface area contributed by atoms with Crippen LogP contribution in [-0.4, -0.2) is 94.7 Å². The highest BCUT2D eigenvalue weighted by atomic mass is 16.3. The zero-order valence-electron chi connectivity index (χ0n) is 18.4. The lowest BCUT2D eigenvalue weighted by atomic mass is 9.83. The van der Waals surface area contributed by atoms with Gasteiger partial charge in [0.2, 0.25) is 5.91 Å². The van der Waals surface area contributed by atoms with E-state index in [1.54, 1.807) is 29.0 Å². The van der Waals surface area contributed by atoms with Crippen molar-refractivity contribution in [3.8, 4) is 0 Å². The summed E-state index contributed by atoms with van der Waals surface area (Å²) in [6, 6.07) is 4.80. The normalized spacial score (nSPS) is 22.6. The predicted octanol–water partition coefficient (Wildman–Crippen LogP) is -0.166. The van der Waals surface area contributed by atoms with Gasteiger partial charge in [0.25, 0.3) is 12.4 Å². The first kappa shape index (κ1) is 25.1. The fraction of sp³-hybridized carbons (Fsp3) is 0.571. The van der Waals surface area contributed by atoms with Gasteiger partial charge in [0.1, 0.15) is 5.69 Å². The lowest BCUT2D eigenvalue weighted by molar-refractivity contribution is -0.127. The molecule has 0 bridgehead atoms. The van der Waals surface area contributed by atoms with E-state index in [9.17, 15) is 19.5 Å². The smallest absolute Gasteiger partial charge is 0.319 e. The zero-order chi connectivity index (χ0) is 23.7. The Morgan fingerprint density at radius 1 is 1.28 bits per heavy atom. The fourth-order valence-electron chi connectivity index (χ4n) is 3.83. The number of likely N-dealkylation sites (N-methyl/N-ethyl adjacent to an activating group) is 1. The van der Waals surface area contributed by atoms with Gasteiger partial charge in [0, 0.05) is 44.8 Å². The molecule has 1 aromatic heterocycles. The molecule has 0 aromatic carbocycles. The number of nitrogens with zero attached hydrogens (tertiary/aromatic N) is 3. The van der Waals surface area contributed by atoms with Gasteiger partial charge in [-0.3, -0.25) is 14.4 Å². The molecule has 2 fully saturated rings. The van der Waals surface area contributed by atoms with E-state index in [2.05, 4.69) is 15.6 Å². The van der Waals surface area contributed by atoms with Gasteiger partial charge in [0.15, 0.2) is 0 Å². The number of urea groups is 1. The Morgan fingerprint density at radius 3 is 2.59 bits per heavy atom. The molecule has 0 unspecified atom stereocenters. The molecule has 1 saturated carbocycles. The SMILES string of the molecule is Cc1cccc(C(=O)N[C@H]2CC[C@H](C(=O)NCCN3CCN(C)C3=O)C[C@@H]2O)n1.O=CO. The van der Waals surface area contributed by atoms with Gasteiger partial charge in [-0.05, 0) is 38.3 Å². The van der Waals surface area contributed by atoms with Gasteiger partial charge in [-0.1, -0.05) is 6.07 Å². The summed E-state index contributed by atoms with van der Waals surface area (Å²) in [4.78, 5) is 52.5. The molecule has 1 aliphatic carbocycles. The minimum absolute atomic E-state index is 0.0194. The van der Waals surface area contributed by atoms with Crippen LogP contribution in [0.1, 0.15) is 35.4 Å². The number of rotatable bonds is 6. The molecule has 1 aliphatic heterocycles. The van der Waals surface area contributed by atoms with Crippen molar-refractivity contribution in [2.45, 2.75) is 38.3 Å². The molecule has 11 heteroatoms. The van der Waals surface area contributed by atoms with E-state index < -0.39 is 12.1 Å². The zero-order valence-corrected chi connectivity index (χ0v) is 18.4. The van der Waals surface area contributed by atoms with E-state index >= 15 is 0 Å². The molecular weight excluding hydrogens is 418 g/mol. The van der Waals surface area contributed by atoms with Crippen molar-refractivity contribution in [2.24, 2.45) is 5.92 Å². The van der Waals surface area contributed by atoms with Gasteiger partial charge in [-0.25, -0.2) is 9.78 Å². The summed E-state index contributed by atoms with van der Waals surface area (Å²) in [5.41, 5.74) is 1.07. The first-order chi connectivity index (χ1) is 15.3. The Kier molecular flexibility index (Phi) is 9.39. The molecule has 3 atom stereocenters. The Morgan fingerprint density at radius 2 is 2.00 bits per heavy atom. The molecule has 2 aliphatic rings. The highest BCUT2D eigenvalue weighted by Crippen LogP contribution is 2.25. The number of aromatic nitrogens is 1. The number of amides is 4. The standard InChI is InChI=1S/C20H29N5O4.CH2O2/c1-13-4-3-5-16(22-13)19(28)23-15-7-6-14(12-17(15)26)18(27)21-8-9-25-11-10-24(2)20(25)29;2-1-3/h3-5,14-15,17,26H,6-12H2,1-2H3,(H,21,27)(H,23,28);1H,(H,2,3)/t14-,15-,17-;/m0./s1. The molecule has 32 heavy (non-hydrogen) atoms. The summed E-state index contributed by atoms with van der Waals surface area (Å²) in [5.74, 6) is -0.734. The van der Waals surface area contributed by atoms with Crippen LogP contribution in [0.3, 0.4) is 0 Å².